The first-order valence-corrected chi connectivity index (χ1v) is 7.41. The Balaban J connectivity index is 1.73. The summed E-state index contributed by atoms with van der Waals surface area (Å²) >= 11 is 4.91. The standard InChI is InChI=1S/C15H20N2O3S/c16-15(21)12-2-1-3-13(8-12)17-14(18)10-20-9-11-4-6-19-7-5-11/h1-3,8,11H,4-7,9-10H2,(H2,16,21)(H,17,18). The number of anilines is 1. The molecule has 0 spiro atoms. The lowest BCUT2D eigenvalue weighted by Crippen LogP contribution is -2.24. The molecule has 6 heteroatoms. The van der Waals surface area contributed by atoms with Gasteiger partial charge in [-0.1, -0.05) is 24.4 Å². The molecule has 1 saturated heterocycles. The van der Waals surface area contributed by atoms with Crippen LogP contribution in [-0.4, -0.2) is 37.3 Å². The molecule has 1 aromatic rings. The van der Waals surface area contributed by atoms with Crippen LogP contribution in [0.5, 0.6) is 0 Å². The fourth-order valence-electron chi connectivity index (χ4n) is 2.18. The summed E-state index contributed by atoms with van der Waals surface area (Å²) in [5.74, 6) is 0.312. The molecule has 114 valence electrons. The smallest absolute Gasteiger partial charge is 0.250 e. The van der Waals surface area contributed by atoms with Crippen molar-refractivity contribution < 1.29 is 14.3 Å². The Bertz CT molecular complexity index is 501. The van der Waals surface area contributed by atoms with Gasteiger partial charge in [0.15, 0.2) is 0 Å². The van der Waals surface area contributed by atoms with E-state index in [0.29, 0.717) is 23.2 Å². The summed E-state index contributed by atoms with van der Waals surface area (Å²) in [7, 11) is 0. The summed E-state index contributed by atoms with van der Waals surface area (Å²) in [6, 6.07) is 7.14. The van der Waals surface area contributed by atoms with Crippen LogP contribution in [-0.2, 0) is 14.3 Å². The van der Waals surface area contributed by atoms with Crippen molar-refractivity contribution in [2.45, 2.75) is 12.8 Å². The van der Waals surface area contributed by atoms with E-state index in [1.165, 1.54) is 0 Å². The van der Waals surface area contributed by atoms with E-state index in [9.17, 15) is 4.79 Å². The summed E-state index contributed by atoms with van der Waals surface area (Å²) in [5, 5.41) is 2.77. The lowest BCUT2D eigenvalue weighted by Gasteiger charge is -2.21. The third kappa shape index (κ3) is 5.41. The molecule has 1 aromatic carbocycles. The van der Waals surface area contributed by atoms with Crippen LogP contribution in [0.3, 0.4) is 0 Å². The van der Waals surface area contributed by atoms with E-state index in [2.05, 4.69) is 5.32 Å². The van der Waals surface area contributed by atoms with E-state index in [-0.39, 0.29) is 12.5 Å². The first kappa shape index (κ1) is 15.9. The van der Waals surface area contributed by atoms with Crippen molar-refractivity contribution in [3.05, 3.63) is 29.8 Å². The topological polar surface area (TPSA) is 73.6 Å². The van der Waals surface area contributed by atoms with Crippen molar-refractivity contribution in [2.24, 2.45) is 11.7 Å². The van der Waals surface area contributed by atoms with Crippen molar-refractivity contribution in [1.29, 1.82) is 0 Å². The fraction of sp³-hybridized carbons (Fsp3) is 0.467. The number of rotatable bonds is 6. The second-order valence-corrected chi connectivity index (χ2v) is 5.50. The molecule has 0 atom stereocenters. The Morgan fingerprint density at radius 2 is 2.19 bits per heavy atom. The molecule has 21 heavy (non-hydrogen) atoms. The van der Waals surface area contributed by atoms with Crippen LogP contribution < -0.4 is 11.1 Å². The molecule has 1 amide bonds. The molecular formula is C15H20N2O3S. The number of nitrogens with two attached hydrogens (primary N) is 1. The van der Waals surface area contributed by atoms with E-state index in [1.54, 1.807) is 24.3 Å². The van der Waals surface area contributed by atoms with Gasteiger partial charge in [-0.3, -0.25) is 4.79 Å². The first-order valence-electron chi connectivity index (χ1n) is 7.00. The number of thiocarbonyl (C=S) groups is 1. The number of carbonyl (C=O) groups is 1. The molecule has 0 aliphatic carbocycles. The SMILES string of the molecule is NC(=S)c1cccc(NC(=O)COCC2CCOCC2)c1. The normalized spacial score (nSPS) is 15.6. The molecule has 1 aliphatic rings. The van der Waals surface area contributed by atoms with Gasteiger partial charge in [0.25, 0.3) is 0 Å². The molecule has 2 rings (SSSR count). The van der Waals surface area contributed by atoms with Crippen molar-refractivity contribution in [3.8, 4) is 0 Å². The van der Waals surface area contributed by atoms with E-state index < -0.39 is 0 Å². The zero-order valence-corrected chi connectivity index (χ0v) is 12.7. The summed E-state index contributed by atoms with van der Waals surface area (Å²) in [5.41, 5.74) is 6.95. The predicted molar refractivity (Wildman–Crippen MR) is 85.3 cm³/mol. The molecule has 0 unspecified atom stereocenters. The molecule has 0 radical (unpaired) electrons. The van der Waals surface area contributed by atoms with Crippen LogP contribution >= 0.6 is 12.2 Å². The number of carbonyl (C=O) groups excluding carboxylic acids is 1. The molecular weight excluding hydrogens is 288 g/mol. The zero-order chi connectivity index (χ0) is 15.1. The van der Waals surface area contributed by atoms with Gasteiger partial charge in [-0.2, -0.15) is 0 Å². The number of amides is 1. The zero-order valence-electron chi connectivity index (χ0n) is 11.8. The van der Waals surface area contributed by atoms with E-state index in [0.717, 1.165) is 31.6 Å². The molecule has 1 fully saturated rings. The highest BCUT2D eigenvalue weighted by Gasteiger charge is 2.14. The van der Waals surface area contributed by atoms with Crippen LogP contribution in [0.15, 0.2) is 24.3 Å². The van der Waals surface area contributed by atoms with E-state index >= 15 is 0 Å². The summed E-state index contributed by atoms with van der Waals surface area (Å²) in [6.07, 6.45) is 2.00. The quantitative estimate of drug-likeness (QED) is 0.783. The molecule has 3 N–H and O–H groups in total. The third-order valence-electron chi connectivity index (χ3n) is 3.36. The van der Waals surface area contributed by atoms with Crippen LogP contribution in [0.2, 0.25) is 0 Å². The Hall–Kier alpha value is -1.50. The molecule has 1 aliphatic heterocycles. The van der Waals surface area contributed by atoms with E-state index in [4.69, 9.17) is 27.4 Å². The maximum Gasteiger partial charge on any atom is 0.250 e. The van der Waals surface area contributed by atoms with Gasteiger partial charge in [-0.15, -0.1) is 0 Å². The molecule has 0 bridgehead atoms. The Morgan fingerprint density at radius 1 is 1.43 bits per heavy atom. The molecule has 0 aromatic heterocycles. The predicted octanol–water partition coefficient (Wildman–Crippen LogP) is 1.70. The van der Waals surface area contributed by atoms with Gasteiger partial charge in [-0.25, -0.2) is 0 Å². The molecule has 0 saturated carbocycles. The van der Waals surface area contributed by atoms with Gasteiger partial charge in [0.05, 0.1) is 6.61 Å². The Morgan fingerprint density at radius 3 is 2.90 bits per heavy atom. The van der Waals surface area contributed by atoms with Gasteiger partial charge < -0.3 is 20.5 Å². The van der Waals surface area contributed by atoms with Crippen LogP contribution in [0.4, 0.5) is 5.69 Å². The third-order valence-corrected chi connectivity index (χ3v) is 3.59. The van der Waals surface area contributed by atoms with Gasteiger partial charge in [0.1, 0.15) is 11.6 Å². The van der Waals surface area contributed by atoms with Crippen molar-refractivity contribution in [1.82, 2.24) is 0 Å². The van der Waals surface area contributed by atoms with Crippen LogP contribution in [0.25, 0.3) is 0 Å². The minimum atomic E-state index is -0.179. The van der Waals surface area contributed by atoms with Crippen LogP contribution in [0, 0.1) is 5.92 Å². The van der Waals surface area contributed by atoms with Crippen molar-refractivity contribution in [2.75, 3.05) is 31.7 Å². The molecule has 5 nitrogen and oxygen atoms in total. The second kappa shape index (κ2) is 8.07. The highest BCUT2D eigenvalue weighted by atomic mass is 32.1. The maximum absolute atomic E-state index is 11.8. The monoisotopic (exact) mass is 308 g/mol. The Kier molecular flexibility index (Phi) is 6.10. The van der Waals surface area contributed by atoms with Gasteiger partial charge in [0.2, 0.25) is 5.91 Å². The number of hydrogen-bond donors (Lipinski definition) is 2. The highest BCUT2D eigenvalue weighted by Crippen LogP contribution is 2.15. The maximum atomic E-state index is 11.8. The average molecular weight is 308 g/mol. The second-order valence-electron chi connectivity index (χ2n) is 5.06. The largest absolute Gasteiger partial charge is 0.389 e. The summed E-state index contributed by atoms with van der Waals surface area (Å²) < 4.78 is 10.7. The van der Waals surface area contributed by atoms with Crippen molar-refractivity contribution in [3.63, 3.8) is 0 Å². The number of nitrogens with one attached hydrogen (secondary N) is 1. The minimum Gasteiger partial charge on any atom is -0.389 e. The Labute approximate surface area is 129 Å². The summed E-state index contributed by atoms with van der Waals surface area (Å²) in [6.45, 7) is 2.22. The lowest BCUT2D eigenvalue weighted by molar-refractivity contribution is -0.121. The van der Waals surface area contributed by atoms with E-state index in [1.807, 2.05) is 0 Å². The lowest BCUT2D eigenvalue weighted by atomic mass is 10.0. The number of benzene rings is 1. The number of ether oxygens (including phenoxy) is 2. The average Bonchev–Trinajstić information content (AvgIpc) is 2.48. The van der Waals surface area contributed by atoms with Gasteiger partial charge >= 0.3 is 0 Å². The first-order chi connectivity index (χ1) is 10.1. The number of hydrogen-bond acceptors (Lipinski definition) is 4. The fourth-order valence-corrected chi connectivity index (χ4v) is 2.31. The molecule has 1 heterocycles. The summed E-state index contributed by atoms with van der Waals surface area (Å²) in [4.78, 5) is 12.1. The highest BCUT2D eigenvalue weighted by molar-refractivity contribution is 7.80. The minimum absolute atomic E-state index is 0.0503. The van der Waals surface area contributed by atoms with Crippen LogP contribution in [0.1, 0.15) is 18.4 Å². The van der Waals surface area contributed by atoms with Gasteiger partial charge in [-0.05, 0) is 30.9 Å². The van der Waals surface area contributed by atoms with Crippen molar-refractivity contribution >= 4 is 28.8 Å². The van der Waals surface area contributed by atoms with Gasteiger partial charge in [0, 0.05) is 24.5 Å².